The van der Waals surface area contributed by atoms with Gasteiger partial charge in [0.05, 0.1) is 42.8 Å². The Morgan fingerprint density at radius 2 is 1.60 bits per heavy atom. The average Bonchev–Trinajstić information content (AvgIpc) is 3.43. The fourth-order valence-electron chi connectivity index (χ4n) is 6.13. The van der Waals surface area contributed by atoms with Crippen LogP contribution >= 0.6 is 0 Å². The Bertz CT molecular complexity index is 2000. The zero-order valence-electron chi connectivity index (χ0n) is 27.5. The van der Waals surface area contributed by atoms with Gasteiger partial charge in [-0.05, 0) is 43.2 Å². The zero-order chi connectivity index (χ0) is 36.1. The number of methoxy groups -OCH3 is 2. The lowest BCUT2D eigenvalue weighted by molar-refractivity contribution is -0.103. The average molecular weight is 710 g/mol. The quantitative estimate of drug-likeness (QED) is 0.101. The number of ether oxygens (including phenoxy) is 3. The highest BCUT2D eigenvalue weighted by Gasteiger charge is 2.46. The van der Waals surface area contributed by atoms with Crippen molar-refractivity contribution in [2.24, 2.45) is 0 Å². The maximum Gasteiger partial charge on any atom is 0.416 e. The van der Waals surface area contributed by atoms with Crippen LogP contribution in [0.3, 0.4) is 0 Å². The van der Waals surface area contributed by atoms with Gasteiger partial charge in [-0.1, -0.05) is 24.3 Å². The fourth-order valence-corrected chi connectivity index (χ4v) is 7.04. The van der Waals surface area contributed by atoms with Crippen LogP contribution in [0.4, 0.5) is 21.9 Å². The summed E-state index contributed by atoms with van der Waals surface area (Å²) in [6, 6.07) is 11.3. The van der Waals surface area contributed by atoms with Crippen molar-refractivity contribution >= 4 is 45.1 Å². The van der Waals surface area contributed by atoms with Crippen LogP contribution in [0.5, 0.6) is 23.0 Å². The summed E-state index contributed by atoms with van der Waals surface area (Å²) in [6.07, 6.45) is -1.33. The summed E-state index contributed by atoms with van der Waals surface area (Å²) < 4.78 is 51.5. The van der Waals surface area contributed by atoms with Gasteiger partial charge in [0.1, 0.15) is 12.8 Å². The summed E-state index contributed by atoms with van der Waals surface area (Å²) in [6.45, 7) is 5.60. The second-order valence-electron chi connectivity index (χ2n) is 12.0. The molecule has 3 aromatic rings. The topological polar surface area (TPSA) is 200 Å². The first kappa shape index (κ1) is 34.2. The number of rotatable bonds is 8. The lowest BCUT2D eigenvalue weighted by Gasteiger charge is -2.40. The third-order valence-electron chi connectivity index (χ3n) is 8.84. The molecule has 0 aliphatic carbocycles. The number of nitrogens with two attached hydrogens (primary N) is 1. The molecule has 1 saturated heterocycles. The van der Waals surface area contributed by atoms with Gasteiger partial charge in [-0.2, -0.15) is 8.42 Å². The summed E-state index contributed by atoms with van der Waals surface area (Å²) in [4.78, 5) is 55.7. The summed E-state index contributed by atoms with van der Waals surface area (Å²) in [5.41, 5.74) is 8.04. The van der Waals surface area contributed by atoms with Crippen molar-refractivity contribution in [3.05, 3.63) is 77.4 Å². The van der Waals surface area contributed by atoms with E-state index in [4.69, 9.17) is 29.7 Å². The van der Waals surface area contributed by atoms with Crippen LogP contribution in [0, 0.1) is 0 Å². The minimum absolute atomic E-state index is 0.0342. The van der Waals surface area contributed by atoms with Crippen LogP contribution in [0.15, 0.2) is 60.7 Å². The Morgan fingerprint density at radius 3 is 2.22 bits per heavy atom. The summed E-state index contributed by atoms with van der Waals surface area (Å²) in [5.74, 6) is -0.907. The molecule has 3 aliphatic heterocycles. The molecule has 0 saturated carbocycles. The number of amides is 3. The van der Waals surface area contributed by atoms with E-state index in [0.29, 0.717) is 16.8 Å². The summed E-state index contributed by atoms with van der Waals surface area (Å²) in [7, 11) is -0.454. The predicted molar refractivity (Wildman–Crippen MR) is 180 cm³/mol. The van der Waals surface area contributed by atoms with E-state index in [1.54, 1.807) is 38.2 Å². The molecular formula is C33H35N5O11S. The molecule has 16 nitrogen and oxygen atoms in total. The van der Waals surface area contributed by atoms with Crippen LogP contribution in [-0.2, 0) is 21.5 Å². The number of hydrogen-bond acceptors (Lipinski definition) is 12. The number of nitrogens with zero attached hydrogens (tertiary/aromatic N) is 3. The molecule has 0 bridgehead atoms. The molecule has 3 aliphatic rings. The molecule has 3 atom stereocenters. The molecule has 17 heteroatoms. The smallest absolute Gasteiger partial charge is 0.416 e. The highest BCUT2D eigenvalue weighted by Crippen LogP contribution is 2.43. The molecule has 0 radical (unpaired) electrons. The standard InChI is InChI=1S/C33H35N5O11S/c1-17-10-25-30(50(42,43)44)35-23-13-28(26(45-4)11-21(23)32(40)37(25)15-17)48-49-29-14-24-22(12-27(29)46-5)31(39)36(3)18(2)38(24)33(41)47-16-19-6-8-20(34)9-7-19/h6-9,11-14,18,25,30,35H,1,10,15-16,34H2,2-5H3,(H,42,43,44). The first-order valence-electron chi connectivity index (χ1n) is 15.3. The third kappa shape index (κ3) is 6.16. The Balaban J connectivity index is 1.32. The third-order valence-corrected chi connectivity index (χ3v) is 9.92. The molecule has 4 N–H and O–H groups in total. The molecule has 6 rings (SSSR count). The number of carbonyl (C=O) groups excluding carboxylic acids is 3. The van der Waals surface area contributed by atoms with Crippen LogP contribution in [0.25, 0.3) is 0 Å². The van der Waals surface area contributed by atoms with Crippen molar-refractivity contribution in [2.75, 3.05) is 43.8 Å². The lowest BCUT2D eigenvalue weighted by atomic mass is 10.1. The van der Waals surface area contributed by atoms with Crippen LogP contribution in [0.2, 0.25) is 0 Å². The van der Waals surface area contributed by atoms with E-state index >= 15 is 0 Å². The molecule has 3 aromatic carbocycles. The van der Waals surface area contributed by atoms with E-state index in [1.165, 1.54) is 53.2 Å². The Hall–Kier alpha value is -5.68. The van der Waals surface area contributed by atoms with E-state index in [1.807, 2.05) is 0 Å². The van der Waals surface area contributed by atoms with Gasteiger partial charge in [0.15, 0.2) is 16.9 Å². The Labute approximate surface area is 287 Å². The molecule has 0 spiro atoms. The normalized spacial score (nSPS) is 19.9. The lowest BCUT2D eigenvalue weighted by Crippen LogP contribution is -2.54. The SMILES string of the molecule is C=C1CC2C(S(=O)(=O)O)Nc3cc(OOc4cc5c(cc4OC)C(=O)N(C)C(C)N5C(=O)OCc4ccc(N)cc4)c(OC)cc3C(=O)N2C1. The summed E-state index contributed by atoms with van der Waals surface area (Å²) in [5, 5.41) is 1.21. The van der Waals surface area contributed by atoms with Gasteiger partial charge in [-0.15, -0.1) is 0 Å². The molecule has 264 valence electrons. The molecule has 0 aromatic heterocycles. The monoisotopic (exact) mass is 709 g/mol. The van der Waals surface area contributed by atoms with Crippen molar-refractivity contribution in [3.63, 3.8) is 0 Å². The molecule has 1 fully saturated rings. The van der Waals surface area contributed by atoms with Crippen molar-refractivity contribution < 1.29 is 51.3 Å². The van der Waals surface area contributed by atoms with Crippen molar-refractivity contribution in [1.82, 2.24) is 9.80 Å². The molecule has 50 heavy (non-hydrogen) atoms. The fraction of sp³-hybridized carbons (Fsp3) is 0.303. The molecule has 3 heterocycles. The molecule has 3 amide bonds. The minimum atomic E-state index is -4.69. The van der Waals surface area contributed by atoms with Gasteiger partial charge in [0.2, 0.25) is 11.5 Å². The number of nitrogens with one attached hydrogen (secondary N) is 1. The number of benzene rings is 3. The maximum absolute atomic E-state index is 13.6. The van der Waals surface area contributed by atoms with Crippen LogP contribution < -0.4 is 35.2 Å². The highest BCUT2D eigenvalue weighted by molar-refractivity contribution is 7.86. The largest absolute Gasteiger partial charge is 0.493 e. The summed E-state index contributed by atoms with van der Waals surface area (Å²) >= 11 is 0. The van der Waals surface area contributed by atoms with Crippen molar-refractivity contribution in [1.29, 1.82) is 0 Å². The van der Waals surface area contributed by atoms with E-state index < -0.39 is 39.7 Å². The second kappa shape index (κ2) is 13.0. The van der Waals surface area contributed by atoms with Gasteiger partial charge in [-0.25, -0.2) is 4.79 Å². The van der Waals surface area contributed by atoms with Crippen LogP contribution in [-0.4, -0.2) is 86.1 Å². The van der Waals surface area contributed by atoms with E-state index in [0.717, 1.165) is 0 Å². The van der Waals surface area contributed by atoms with E-state index in [9.17, 15) is 27.4 Å². The number of anilines is 3. The van der Waals surface area contributed by atoms with Crippen molar-refractivity contribution in [2.45, 2.75) is 37.5 Å². The number of hydrogen-bond donors (Lipinski definition) is 3. The van der Waals surface area contributed by atoms with Gasteiger partial charge in [-0.3, -0.25) is 28.8 Å². The number of nitrogen functional groups attached to an aromatic ring is 1. The molecule has 3 unspecified atom stereocenters. The number of carbonyl (C=O) groups is 3. The van der Waals surface area contributed by atoms with Crippen LogP contribution in [0.1, 0.15) is 39.6 Å². The predicted octanol–water partition coefficient (Wildman–Crippen LogP) is 3.64. The number of fused-ring (bicyclic) bond motifs is 3. The van der Waals surface area contributed by atoms with Gasteiger partial charge in [0.25, 0.3) is 21.9 Å². The second-order valence-corrected chi connectivity index (χ2v) is 13.5. The first-order valence-corrected chi connectivity index (χ1v) is 16.8. The van der Waals surface area contributed by atoms with E-state index in [2.05, 4.69) is 11.9 Å². The molecular weight excluding hydrogens is 674 g/mol. The Kier molecular flexibility index (Phi) is 8.87. The maximum atomic E-state index is 13.6. The van der Waals surface area contributed by atoms with Crippen molar-refractivity contribution in [3.8, 4) is 23.0 Å². The highest BCUT2D eigenvalue weighted by atomic mass is 32.2. The van der Waals surface area contributed by atoms with Gasteiger partial charge in [0, 0.05) is 31.4 Å². The van der Waals surface area contributed by atoms with E-state index in [-0.39, 0.29) is 71.0 Å². The zero-order valence-corrected chi connectivity index (χ0v) is 28.4. The van der Waals surface area contributed by atoms with Gasteiger partial charge < -0.3 is 35.1 Å². The minimum Gasteiger partial charge on any atom is -0.493 e. The first-order chi connectivity index (χ1) is 23.7. The van der Waals surface area contributed by atoms with Gasteiger partial charge >= 0.3 is 6.09 Å². The Morgan fingerprint density at radius 1 is 0.980 bits per heavy atom.